The molecule has 0 saturated carbocycles. The van der Waals surface area contributed by atoms with Crippen molar-refractivity contribution in [2.75, 3.05) is 20.6 Å². The Kier molecular flexibility index (Phi) is 4.21. The van der Waals surface area contributed by atoms with E-state index in [4.69, 9.17) is 5.11 Å². The highest BCUT2D eigenvalue weighted by Crippen LogP contribution is 1.96. The molecule has 0 aliphatic carbocycles. The van der Waals surface area contributed by atoms with Crippen LogP contribution in [0.2, 0.25) is 0 Å². The molecule has 0 aliphatic heterocycles. The average Bonchev–Trinajstić information content (AvgIpc) is 2.66. The lowest BCUT2D eigenvalue weighted by Gasteiger charge is -2.12. The lowest BCUT2D eigenvalue weighted by atomic mass is 10.5. The van der Waals surface area contributed by atoms with E-state index in [0.717, 1.165) is 4.31 Å². The van der Waals surface area contributed by atoms with E-state index in [1.807, 2.05) is 0 Å². The fourth-order valence-electron chi connectivity index (χ4n) is 1.03. The van der Waals surface area contributed by atoms with Crippen molar-refractivity contribution in [3.05, 3.63) is 18.2 Å². The number of aromatic nitrogens is 2. The summed E-state index contributed by atoms with van der Waals surface area (Å²) in [6, 6.07) is 0. The molecule has 0 unspecified atom stereocenters. The molecular weight excluding hydrogens is 248 g/mol. The summed E-state index contributed by atoms with van der Waals surface area (Å²) in [5.41, 5.74) is -0.0690. The van der Waals surface area contributed by atoms with Crippen LogP contribution in [0.4, 0.5) is 0 Å². The van der Waals surface area contributed by atoms with Crippen LogP contribution >= 0.6 is 0 Å². The van der Waals surface area contributed by atoms with Crippen molar-refractivity contribution in [1.29, 1.82) is 0 Å². The minimum Gasteiger partial charge on any atom is -0.476 e. The summed E-state index contributed by atoms with van der Waals surface area (Å²) in [5.74, 6) is -1.11. The minimum absolute atomic E-state index is 0.0690. The molecule has 0 saturated heterocycles. The molecule has 1 rings (SSSR count). The molecule has 17 heavy (non-hydrogen) atoms. The minimum atomic E-state index is -3.44. The number of aromatic carboxylic acids is 1. The molecule has 0 bridgehead atoms. The van der Waals surface area contributed by atoms with Gasteiger partial charge in [0.05, 0.1) is 6.33 Å². The number of nitrogens with one attached hydrogen (secondary N) is 1. The van der Waals surface area contributed by atoms with Crippen LogP contribution in [0.5, 0.6) is 0 Å². The van der Waals surface area contributed by atoms with E-state index in [-0.39, 0.29) is 12.2 Å². The van der Waals surface area contributed by atoms with E-state index in [1.54, 1.807) is 0 Å². The van der Waals surface area contributed by atoms with E-state index in [0.29, 0.717) is 6.54 Å². The third kappa shape index (κ3) is 3.80. The Morgan fingerprint density at radius 2 is 2.24 bits per heavy atom. The Hall–Kier alpha value is -1.45. The summed E-state index contributed by atoms with van der Waals surface area (Å²) in [7, 11) is -0.607. The molecule has 1 aromatic rings. The summed E-state index contributed by atoms with van der Waals surface area (Å²) in [5, 5.41) is 8.63. The second-order valence-electron chi connectivity index (χ2n) is 3.48. The average molecular weight is 262 g/mol. The second-order valence-corrected chi connectivity index (χ2v) is 5.45. The van der Waals surface area contributed by atoms with Gasteiger partial charge in [-0.05, 0) is 0 Å². The first-order valence-corrected chi connectivity index (χ1v) is 6.19. The fraction of sp³-hybridized carbons (Fsp3) is 0.500. The topological polar surface area (TPSA) is 105 Å². The molecule has 0 spiro atoms. The Balaban J connectivity index is 2.49. The first kappa shape index (κ1) is 13.6. The molecule has 9 heteroatoms. The molecule has 1 heterocycles. The van der Waals surface area contributed by atoms with Gasteiger partial charge in [-0.15, -0.1) is 0 Å². The smallest absolute Gasteiger partial charge is 0.356 e. The molecule has 2 N–H and O–H groups in total. The van der Waals surface area contributed by atoms with Crippen molar-refractivity contribution < 1.29 is 18.3 Å². The van der Waals surface area contributed by atoms with Crippen LogP contribution in [0.25, 0.3) is 0 Å². The number of nitrogens with zero attached hydrogens (tertiary/aromatic N) is 3. The highest BCUT2D eigenvalue weighted by molar-refractivity contribution is 7.87. The van der Waals surface area contributed by atoms with Crippen LogP contribution in [-0.2, 0) is 16.8 Å². The molecule has 0 fully saturated rings. The van der Waals surface area contributed by atoms with E-state index < -0.39 is 16.2 Å². The maximum atomic E-state index is 11.3. The Labute approximate surface area is 99.1 Å². The quantitative estimate of drug-likeness (QED) is 0.682. The highest BCUT2D eigenvalue weighted by atomic mass is 32.2. The first-order chi connectivity index (χ1) is 7.83. The maximum absolute atomic E-state index is 11.3. The molecule has 96 valence electrons. The van der Waals surface area contributed by atoms with Gasteiger partial charge in [0.25, 0.3) is 10.2 Å². The third-order valence-corrected chi connectivity index (χ3v) is 3.52. The van der Waals surface area contributed by atoms with Gasteiger partial charge in [-0.2, -0.15) is 12.7 Å². The van der Waals surface area contributed by atoms with Gasteiger partial charge < -0.3 is 9.67 Å². The summed E-state index contributed by atoms with van der Waals surface area (Å²) < 4.78 is 27.6. The van der Waals surface area contributed by atoms with Crippen molar-refractivity contribution in [3.8, 4) is 0 Å². The van der Waals surface area contributed by atoms with Crippen LogP contribution in [0, 0.1) is 0 Å². The lowest BCUT2D eigenvalue weighted by molar-refractivity contribution is 0.0691. The second kappa shape index (κ2) is 5.25. The lowest BCUT2D eigenvalue weighted by Crippen LogP contribution is -2.37. The zero-order chi connectivity index (χ0) is 13.1. The largest absolute Gasteiger partial charge is 0.476 e. The standard InChI is InChI=1S/C8H14N4O4S/c1-11(2)17(15,16)10-3-4-12-5-7(8(13)14)9-6-12/h5-6,10H,3-4H2,1-2H3,(H,13,14). The summed E-state index contributed by atoms with van der Waals surface area (Å²) in [6.45, 7) is 0.475. The number of hydrogen-bond acceptors (Lipinski definition) is 4. The van der Waals surface area contributed by atoms with Gasteiger partial charge in [0.1, 0.15) is 0 Å². The van der Waals surface area contributed by atoms with E-state index in [9.17, 15) is 13.2 Å². The Morgan fingerprint density at radius 1 is 1.59 bits per heavy atom. The van der Waals surface area contributed by atoms with E-state index in [1.165, 1.54) is 31.2 Å². The number of carboxylic acids is 1. The van der Waals surface area contributed by atoms with Gasteiger partial charge in [0.15, 0.2) is 5.69 Å². The Bertz CT molecular complexity index is 493. The first-order valence-electron chi connectivity index (χ1n) is 4.75. The molecule has 0 amide bonds. The summed E-state index contributed by atoms with van der Waals surface area (Å²) >= 11 is 0. The fourth-order valence-corrected chi connectivity index (χ4v) is 1.63. The van der Waals surface area contributed by atoms with Crippen molar-refractivity contribution in [2.45, 2.75) is 6.54 Å². The van der Waals surface area contributed by atoms with Crippen molar-refractivity contribution >= 4 is 16.2 Å². The molecule has 8 nitrogen and oxygen atoms in total. The van der Waals surface area contributed by atoms with Gasteiger partial charge in [-0.3, -0.25) is 0 Å². The number of imidazole rings is 1. The van der Waals surface area contributed by atoms with Crippen LogP contribution in [0.1, 0.15) is 10.5 Å². The van der Waals surface area contributed by atoms with Crippen molar-refractivity contribution in [3.63, 3.8) is 0 Å². The normalized spacial score (nSPS) is 11.9. The number of hydrogen-bond donors (Lipinski definition) is 2. The molecule has 0 radical (unpaired) electrons. The van der Waals surface area contributed by atoms with Crippen LogP contribution in [-0.4, -0.2) is 54.0 Å². The zero-order valence-corrected chi connectivity index (χ0v) is 10.3. The third-order valence-electron chi connectivity index (χ3n) is 1.99. The van der Waals surface area contributed by atoms with Crippen LogP contribution in [0.15, 0.2) is 12.5 Å². The van der Waals surface area contributed by atoms with Gasteiger partial charge in [0, 0.05) is 33.4 Å². The van der Waals surface area contributed by atoms with Crippen molar-refractivity contribution in [1.82, 2.24) is 18.6 Å². The van der Waals surface area contributed by atoms with E-state index >= 15 is 0 Å². The van der Waals surface area contributed by atoms with Gasteiger partial charge in [0.2, 0.25) is 0 Å². The van der Waals surface area contributed by atoms with Crippen LogP contribution < -0.4 is 4.72 Å². The Morgan fingerprint density at radius 3 is 2.71 bits per heavy atom. The summed E-state index contributed by atoms with van der Waals surface area (Å²) in [6.07, 6.45) is 2.68. The predicted octanol–water partition coefficient (Wildman–Crippen LogP) is -1.02. The summed E-state index contributed by atoms with van der Waals surface area (Å²) in [4.78, 5) is 14.2. The van der Waals surface area contributed by atoms with E-state index in [2.05, 4.69) is 9.71 Å². The molecule has 0 aromatic carbocycles. The van der Waals surface area contributed by atoms with Gasteiger partial charge >= 0.3 is 5.97 Å². The SMILES string of the molecule is CN(C)S(=O)(=O)NCCn1cnc(C(=O)O)c1. The van der Waals surface area contributed by atoms with Gasteiger partial charge in [-0.25, -0.2) is 14.5 Å². The van der Waals surface area contributed by atoms with Crippen LogP contribution in [0.3, 0.4) is 0 Å². The monoisotopic (exact) mass is 262 g/mol. The molecule has 0 atom stereocenters. The van der Waals surface area contributed by atoms with Gasteiger partial charge in [-0.1, -0.05) is 0 Å². The maximum Gasteiger partial charge on any atom is 0.356 e. The number of carboxylic acid groups (broad SMARTS) is 1. The predicted molar refractivity (Wildman–Crippen MR) is 59.8 cm³/mol. The van der Waals surface area contributed by atoms with Crippen molar-refractivity contribution in [2.24, 2.45) is 0 Å². The number of rotatable bonds is 6. The number of carbonyl (C=O) groups is 1. The zero-order valence-electron chi connectivity index (χ0n) is 9.49. The molecule has 0 aliphatic rings. The molecule has 1 aromatic heterocycles. The highest BCUT2D eigenvalue weighted by Gasteiger charge is 2.12. The molecular formula is C8H14N4O4S.